The van der Waals surface area contributed by atoms with Gasteiger partial charge in [0.1, 0.15) is 0 Å². The molecule has 0 aliphatic rings. The van der Waals surface area contributed by atoms with E-state index in [2.05, 4.69) is 9.44 Å². The van der Waals surface area contributed by atoms with E-state index in [1.54, 1.807) is 0 Å². The summed E-state index contributed by atoms with van der Waals surface area (Å²) in [5.74, 6) is 0.369. The number of sulfonamides is 2. The van der Waals surface area contributed by atoms with E-state index in [4.69, 9.17) is 0 Å². The molecule has 1 aromatic rings. The van der Waals surface area contributed by atoms with E-state index in [0.29, 0.717) is 32.4 Å². The molecule has 0 fully saturated rings. The van der Waals surface area contributed by atoms with Gasteiger partial charge in [-0.25, -0.2) is 26.3 Å². The lowest BCUT2D eigenvalue weighted by atomic mass is 9.99. The lowest BCUT2D eigenvalue weighted by Gasteiger charge is -2.14. The third-order valence-electron chi connectivity index (χ3n) is 3.84. The van der Waals surface area contributed by atoms with Crippen molar-refractivity contribution in [1.82, 2.24) is 9.44 Å². The highest BCUT2D eigenvalue weighted by atomic mass is 32.2. The predicted molar refractivity (Wildman–Crippen MR) is 103 cm³/mol. The minimum absolute atomic E-state index is 0.0729. The molecule has 0 saturated carbocycles. The molecule has 0 aliphatic heterocycles. The monoisotopic (exact) mass is 390 g/mol. The minimum Gasteiger partial charge on any atom is -0.215 e. The molecule has 2 N–H and O–H groups in total. The van der Waals surface area contributed by atoms with E-state index in [1.165, 1.54) is 0 Å². The maximum Gasteiger partial charge on any atom is 0.211 e. The van der Waals surface area contributed by atoms with Gasteiger partial charge in [0.05, 0.1) is 11.5 Å². The van der Waals surface area contributed by atoms with Crippen LogP contribution in [0.2, 0.25) is 0 Å². The Labute approximate surface area is 152 Å². The molecular formula is C17H30N2O4S2. The number of nitrogens with one attached hydrogen (secondary N) is 2. The van der Waals surface area contributed by atoms with Crippen molar-refractivity contribution < 1.29 is 16.8 Å². The molecule has 1 aromatic carbocycles. The average molecular weight is 391 g/mol. The maximum atomic E-state index is 11.7. The molecule has 1 unspecified atom stereocenters. The first-order valence-electron chi connectivity index (χ1n) is 8.72. The fourth-order valence-corrected chi connectivity index (χ4v) is 4.70. The molecule has 0 aliphatic carbocycles. The Morgan fingerprint density at radius 3 is 1.92 bits per heavy atom. The second-order valence-corrected chi connectivity index (χ2v) is 10.1. The van der Waals surface area contributed by atoms with Gasteiger partial charge in [0, 0.05) is 13.1 Å². The Hall–Kier alpha value is -0.960. The van der Waals surface area contributed by atoms with Crippen molar-refractivity contribution in [2.24, 2.45) is 0 Å². The molecular weight excluding hydrogens is 360 g/mol. The molecule has 1 atom stereocenters. The molecule has 0 saturated heterocycles. The second kappa shape index (κ2) is 10.3. The van der Waals surface area contributed by atoms with Gasteiger partial charge < -0.3 is 0 Å². The fourth-order valence-electron chi connectivity index (χ4n) is 2.42. The highest BCUT2D eigenvalue weighted by Gasteiger charge is 2.12. The van der Waals surface area contributed by atoms with Crippen LogP contribution < -0.4 is 9.44 Å². The summed E-state index contributed by atoms with van der Waals surface area (Å²) in [4.78, 5) is 0. The number of hydrogen-bond donors (Lipinski definition) is 2. The van der Waals surface area contributed by atoms with Gasteiger partial charge in [-0.2, -0.15) is 0 Å². The van der Waals surface area contributed by atoms with Crippen molar-refractivity contribution in [3.63, 3.8) is 0 Å². The largest absolute Gasteiger partial charge is 0.215 e. The first-order valence-corrected chi connectivity index (χ1v) is 12.0. The molecule has 0 amide bonds. The molecule has 144 valence electrons. The van der Waals surface area contributed by atoms with Gasteiger partial charge >= 0.3 is 0 Å². The zero-order valence-electron chi connectivity index (χ0n) is 15.3. The highest BCUT2D eigenvalue weighted by Crippen LogP contribution is 2.15. The van der Waals surface area contributed by atoms with Gasteiger partial charge in [-0.15, -0.1) is 0 Å². The fraction of sp³-hybridized carbons (Fsp3) is 0.647. The van der Waals surface area contributed by atoms with Crippen LogP contribution in [-0.4, -0.2) is 41.4 Å². The van der Waals surface area contributed by atoms with E-state index in [9.17, 15) is 16.8 Å². The van der Waals surface area contributed by atoms with E-state index >= 15 is 0 Å². The van der Waals surface area contributed by atoms with Crippen LogP contribution in [0, 0.1) is 0 Å². The summed E-state index contributed by atoms with van der Waals surface area (Å²) in [7, 11) is -6.35. The van der Waals surface area contributed by atoms with Crippen molar-refractivity contribution in [2.45, 2.75) is 46.0 Å². The third-order valence-corrected chi connectivity index (χ3v) is 6.98. The number of hydrogen-bond acceptors (Lipinski definition) is 4. The van der Waals surface area contributed by atoms with Crippen LogP contribution in [0.15, 0.2) is 24.3 Å². The molecule has 8 heteroatoms. The number of benzene rings is 1. The van der Waals surface area contributed by atoms with Crippen molar-refractivity contribution in [3.05, 3.63) is 35.4 Å². The summed E-state index contributed by atoms with van der Waals surface area (Å²) >= 11 is 0. The Morgan fingerprint density at radius 2 is 1.40 bits per heavy atom. The van der Waals surface area contributed by atoms with Gasteiger partial charge in [0.15, 0.2) is 0 Å². The van der Waals surface area contributed by atoms with Crippen molar-refractivity contribution >= 4 is 20.0 Å². The first kappa shape index (κ1) is 22.1. The quantitative estimate of drug-likeness (QED) is 0.571. The standard InChI is InChI=1S/C17H30N2O4S2/c1-4-12-24(20,21)18-11-10-16-6-8-17(9-7-16)15(3)14-19-25(22,23)13-5-2/h6-9,15,18-19H,4-5,10-14H2,1-3H3. The van der Waals surface area contributed by atoms with E-state index < -0.39 is 20.0 Å². The molecule has 25 heavy (non-hydrogen) atoms. The number of rotatable bonds is 12. The van der Waals surface area contributed by atoms with Crippen LogP contribution in [0.1, 0.15) is 50.7 Å². The van der Waals surface area contributed by atoms with Crippen molar-refractivity contribution in [1.29, 1.82) is 0 Å². The van der Waals surface area contributed by atoms with Crippen LogP contribution in [0.3, 0.4) is 0 Å². The van der Waals surface area contributed by atoms with Gasteiger partial charge in [-0.05, 0) is 36.3 Å². The average Bonchev–Trinajstić information content (AvgIpc) is 2.53. The smallest absolute Gasteiger partial charge is 0.211 e. The van der Waals surface area contributed by atoms with Crippen LogP contribution in [0.4, 0.5) is 0 Å². The lowest BCUT2D eigenvalue weighted by Crippen LogP contribution is -2.29. The molecule has 0 bridgehead atoms. The Bertz CT molecular complexity index is 714. The Kier molecular flexibility index (Phi) is 9.06. The Balaban J connectivity index is 2.50. The molecule has 6 nitrogen and oxygen atoms in total. The summed E-state index contributed by atoms with van der Waals surface area (Å²) in [5.41, 5.74) is 2.09. The topological polar surface area (TPSA) is 92.3 Å². The minimum atomic E-state index is -3.19. The van der Waals surface area contributed by atoms with Crippen molar-refractivity contribution in [3.8, 4) is 0 Å². The van der Waals surface area contributed by atoms with Crippen LogP contribution in [-0.2, 0) is 26.5 Å². The normalized spacial score (nSPS) is 13.7. The SMILES string of the molecule is CCCS(=O)(=O)NCCc1ccc(C(C)CNS(=O)(=O)CCC)cc1. The second-order valence-electron chi connectivity index (χ2n) is 6.27. The molecule has 0 heterocycles. The zero-order valence-corrected chi connectivity index (χ0v) is 16.9. The molecule has 0 radical (unpaired) electrons. The summed E-state index contributed by atoms with van der Waals surface area (Å²) in [5, 5.41) is 0. The summed E-state index contributed by atoms with van der Waals surface area (Å²) < 4.78 is 51.8. The summed E-state index contributed by atoms with van der Waals surface area (Å²) in [6, 6.07) is 7.85. The van der Waals surface area contributed by atoms with Gasteiger partial charge in [-0.3, -0.25) is 0 Å². The third kappa shape index (κ3) is 8.80. The zero-order chi connectivity index (χ0) is 18.9. The summed E-state index contributed by atoms with van der Waals surface area (Å²) in [6.07, 6.45) is 1.82. The molecule has 0 aromatic heterocycles. The predicted octanol–water partition coefficient (Wildman–Crippen LogP) is 1.99. The van der Waals surface area contributed by atoms with E-state index in [-0.39, 0.29) is 17.4 Å². The van der Waals surface area contributed by atoms with E-state index in [1.807, 2.05) is 45.0 Å². The van der Waals surface area contributed by atoms with Crippen LogP contribution in [0.5, 0.6) is 0 Å². The van der Waals surface area contributed by atoms with Gasteiger partial charge in [0.25, 0.3) is 0 Å². The molecule has 1 rings (SSSR count). The van der Waals surface area contributed by atoms with E-state index in [0.717, 1.165) is 11.1 Å². The summed E-state index contributed by atoms with van der Waals surface area (Å²) in [6.45, 7) is 6.40. The highest BCUT2D eigenvalue weighted by molar-refractivity contribution is 7.89. The van der Waals surface area contributed by atoms with Gasteiger partial charge in [0.2, 0.25) is 20.0 Å². The first-order chi connectivity index (χ1) is 11.7. The molecule has 0 spiro atoms. The van der Waals surface area contributed by atoms with Crippen LogP contribution in [0.25, 0.3) is 0 Å². The maximum absolute atomic E-state index is 11.7. The lowest BCUT2D eigenvalue weighted by molar-refractivity contribution is 0.573. The van der Waals surface area contributed by atoms with Gasteiger partial charge in [-0.1, -0.05) is 45.0 Å². The van der Waals surface area contributed by atoms with Crippen LogP contribution >= 0.6 is 0 Å². The van der Waals surface area contributed by atoms with Crippen molar-refractivity contribution in [2.75, 3.05) is 24.6 Å². The Morgan fingerprint density at radius 1 is 0.880 bits per heavy atom.